The van der Waals surface area contributed by atoms with Gasteiger partial charge in [0.2, 0.25) is 5.95 Å². The van der Waals surface area contributed by atoms with Gasteiger partial charge in [-0.3, -0.25) is 5.32 Å². The zero-order valence-corrected chi connectivity index (χ0v) is 10.6. The first kappa shape index (κ1) is 13.9. The van der Waals surface area contributed by atoms with Crippen LogP contribution in [-0.4, -0.2) is 37.4 Å². The Morgan fingerprint density at radius 2 is 2.22 bits per heavy atom. The molecule has 1 aromatic rings. The first-order valence-corrected chi connectivity index (χ1v) is 5.55. The fraction of sp³-hybridized carbons (Fsp3) is 0.600. The molecule has 100 valence electrons. The molecular weight excluding hydrogens is 238 g/mol. The third kappa shape index (κ3) is 3.19. The predicted molar refractivity (Wildman–Crippen MR) is 64.1 cm³/mol. The highest BCUT2D eigenvalue weighted by Gasteiger charge is 2.34. The quantitative estimate of drug-likeness (QED) is 0.713. The van der Waals surface area contributed by atoms with Crippen LogP contribution in [0.25, 0.3) is 0 Å². The van der Waals surface area contributed by atoms with E-state index in [1.54, 1.807) is 7.05 Å². The van der Waals surface area contributed by atoms with Gasteiger partial charge in [-0.2, -0.15) is 10.1 Å². The monoisotopic (exact) mass is 255 g/mol. The molecule has 2 amide bonds. The zero-order valence-electron chi connectivity index (χ0n) is 10.6. The standard InChI is InChI=1S/C10H17N5O3/c1-4-5-10(2,7(16)17)14-9(18)13-8-11-6-12-15(8)3/h6H,4-5H2,1-3H3,(H,16,17)(H2,11,12,13,14,18). The van der Waals surface area contributed by atoms with Crippen LogP contribution in [0.5, 0.6) is 0 Å². The van der Waals surface area contributed by atoms with E-state index in [2.05, 4.69) is 20.7 Å². The summed E-state index contributed by atoms with van der Waals surface area (Å²) in [5, 5.41) is 17.8. The summed E-state index contributed by atoms with van der Waals surface area (Å²) in [5.41, 5.74) is -1.29. The average molecular weight is 255 g/mol. The van der Waals surface area contributed by atoms with Crippen LogP contribution in [-0.2, 0) is 11.8 Å². The molecule has 1 heterocycles. The summed E-state index contributed by atoms with van der Waals surface area (Å²) in [6.07, 6.45) is 2.28. The molecule has 0 aromatic carbocycles. The van der Waals surface area contributed by atoms with Crippen LogP contribution in [0.2, 0.25) is 0 Å². The van der Waals surface area contributed by atoms with Crippen LogP contribution in [0.15, 0.2) is 6.33 Å². The largest absolute Gasteiger partial charge is 0.480 e. The molecule has 1 unspecified atom stereocenters. The van der Waals surface area contributed by atoms with Crippen LogP contribution in [0, 0.1) is 0 Å². The lowest BCUT2D eigenvalue weighted by atomic mass is 9.97. The molecule has 0 fully saturated rings. The SMILES string of the molecule is CCCC(C)(NC(=O)Nc1ncnn1C)C(=O)O. The van der Waals surface area contributed by atoms with Crippen molar-refractivity contribution in [3.05, 3.63) is 6.33 Å². The highest BCUT2D eigenvalue weighted by molar-refractivity contribution is 5.92. The third-order valence-electron chi connectivity index (χ3n) is 2.55. The van der Waals surface area contributed by atoms with Gasteiger partial charge in [0.15, 0.2) is 0 Å². The van der Waals surface area contributed by atoms with Crippen molar-refractivity contribution in [3.8, 4) is 0 Å². The van der Waals surface area contributed by atoms with E-state index in [1.165, 1.54) is 17.9 Å². The van der Waals surface area contributed by atoms with Gasteiger partial charge in [0.25, 0.3) is 0 Å². The van der Waals surface area contributed by atoms with Crippen molar-refractivity contribution >= 4 is 17.9 Å². The van der Waals surface area contributed by atoms with Gasteiger partial charge in [-0.1, -0.05) is 13.3 Å². The van der Waals surface area contributed by atoms with Crippen molar-refractivity contribution in [2.45, 2.75) is 32.2 Å². The Bertz CT molecular complexity index is 444. The molecule has 0 aliphatic heterocycles. The second-order valence-corrected chi connectivity index (χ2v) is 4.17. The second-order valence-electron chi connectivity index (χ2n) is 4.17. The van der Waals surface area contributed by atoms with Crippen LogP contribution < -0.4 is 10.6 Å². The average Bonchev–Trinajstić information content (AvgIpc) is 2.64. The van der Waals surface area contributed by atoms with E-state index in [0.717, 1.165) is 0 Å². The molecule has 8 nitrogen and oxygen atoms in total. The van der Waals surface area contributed by atoms with Gasteiger partial charge in [-0.25, -0.2) is 14.3 Å². The number of amides is 2. The number of aliphatic carboxylic acids is 1. The summed E-state index contributed by atoms with van der Waals surface area (Å²) in [4.78, 5) is 26.6. The van der Waals surface area contributed by atoms with E-state index >= 15 is 0 Å². The molecule has 0 spiro atoms. The van der Waals surface area contributed by atoms with Gasteiger partial charge < -0.3 is 10.4 Å². The number of urea groups is 1. The summed E-state index contributed by atoms with van der Waals surface area (Å²) in [6, 6.07) is -0.621. The van der Waals surface area contributed by atoms with E-state index in [-0.39, 0.29) is 5.95 Å². The van der Waals surface area contributed by atoms with Crippen molar-refractivity contribution in [2.75, 3.05) is 5.32 Å². The Labute approximate surface area is 104 Å². The molecule has 8 heteroatoms. The van der Waals surface area contributed by atoms with Gasteiger partial charge in [0.05, 0.1) is 0 Å². The number of aryl methyl sites for hydroxylation is 1. The zero-order chi connectivity index (χ0) is 13.8. The molecule has 0 saturated heterocycles. The molecule has 0 radical (unpaired) electrons. The third-order valence-corrected chi connectivity index (χ3v) is 2.55. The number of aromatic nitrogens is 3. The van der Waals surface area contributed by atoms with E-state index in [9.17, 15) is 9.59 Å². The summed E-state index contributed by atoms with van der Waals surface area (Å²) in [6.45, 7) is 3.32. The highest BCUT2D eigenvalue weighted by Crippen LogP contribution is 2.12. The minimum Gasteiger partial charge on any atom is -0.480 e. The van der Waals surface area contributed by atoms with Crippen molar-refractivity contribution < 1.29 is 14.7 Å². The molecule has 0 aliphatic carbocycles. The molecule has 18 heavy (non-hydrogen) atoms. The van der Waals surface area contributed by atoms with Crippen molar-refractivity contribution in [1.82, 2.24) is 20.1 Å². The summed E-state index contributed by atoms with van der Waals surface area (Å²) < 4.78 is 1.37. The fourth-order valence-electron chi connectivity index (χ4n) is 1.52. The number of rotatable bonds is 5. The second kappa shape index (κ2) is 5.48. The van der Waals surface area contributed by atoms with Gasteiger partial charge in [-0.05, 0) is 13.3 Å². The van der Waals surface area contributed by atoms with E-state index in [4.69, 9.17) is 5.11 Å². The van der Waals surface area contributed by atoms with Crippen LogP contribution in [0.1, 0.15) is 26.7 Å². The van der Waals surface area contributed by atoms with Gasteiger partial charge in [0.1, 0.15) is 11.9 Å². The lowest BCUT2D eigenvalue weighted by molar-refractivity contribution is -0.143. The summed E-state index contributed by atoms with van der Waals surface area (Å²) in [5.74, 6) is -0.825. The molecule has 0 saturated carbocycles. The van der Waals surface area contributed by atoms with E-state index < -0.39 is 17.5 Å². The smallest absolute Gasteiger partial charge is 0.329 e. The first-order valence-electron chi connectivity index (χ1n) is 5.55. The highest BCUT2D eigenvalue weighted by atomic mass is 16.4. The maximum Gasteiger partial charge on any atom is 0.329 e. The number of carbonyl (C=O) groups is 2. The van der Waals surface area contributed by atoms with E-state index in [1.807, 2.05) is 6.92 Å². The van der Waals surface area contributed by atoms with Gasteiger partial charge in [0, 0.05) is 7.05 Å². The number of hydrogen-bond donors (Lipinski definition) is 3. The number of carbonyl (C=O) groups excluding carboxylic acids is 1. The number of anilines is 1. The normalized spacial score (nSPS) is 13.7. The molecular formula is C10H17N5O3. The minimum absolute atomic E-state index is 0.247. The maximum atomic E-state index is 11.7. The Kier molecular flexibility index (Phi) is 4.24. The topological polar surface area (TPSA) is 109 Å². The number of carboxylic acid groups (broad SMARTS) is 1. The molecule has 0 aliphatic rings. The van der Waals surface area contributed by atoms with Crippen molar-refractivity contribution in [2.24, 2.45) is 7.05 Å². The van der Waals surface area contributed by atoms with E-state index in [0.29, 0.717) is 12.8 Å². The number of hydrogen-bond acceptors (Lipinski definition) is 4. The van der Waals surface area contributed by atoms with Crippen molar-refractivity contribution in [3.63, 3.8) is 0 Å². The Balaban J connectivity index is 2.68. The Morgan fingerprint density at radius 1 is 1.56 bits per heavy atom. The molecule has 1 aromatic heterocycles. The summed E-state index contributed by atoms with van der Waals surface area (Å²) >= 11 is 0. The Morgan fingerprint density at radius 3 is 2.67 bits per heavy atom. The molecule has 3 N–H and O–H groups in total. The predicted octanol–water partition coefficient (Wildman–Crippen LogP) is 0.580. The lowest BCUT2D eigenvalue weighted by Gasteiger charge is -2.25. The number of nitrogens with zero attached hydrogens (tertiary/aromatic N) is 3. The maximum absolute atomic E-state index is 11.7. The van der Waals surface area contributed by atoms with Gasteiger partial charge in [-0.15, -0.1) is 0 Å². The first-order chi connectivity index (χ1) is 8.39. The Hall–Kier alpha value is -2.12. The van der Waals surface area contributed by atoms with Gasteiger partial charge >= 0.3 is 12.0 Å². The van der Waals surface area contributed by atoms with Crippen LogP contribution in [0.4, 0.5) is 10.7 Å². The molecule has 1 atom stereocenters. The minimum atomic E-state index is -1.29. The van der Waals surface area contributed by atoms with Crippen molar-refractivity contribution in [1.29, 1.82) is 0 Å². The molecule has 1 rings (SSSR count). The molecule has 0 bridgehead atoms. The number of nitrogens with one attached hydrogen (secondary N) is 2. The fourth-order valence-corrected chi connectivity index (χ4v) is 1.52. The number of carboxylic acids is 1. The lowest BCUT2D eigenvalue weighted by Crippen LogP contribution is -2.53. The summed E-state index contributed by atoms with van der Waals surface area (Å²) in [7, 11) is 1.62. The van der Waals surface area contributed by atoms with Crippen LogP contribution >= 0.6 is 0 Å². The van der Waals surface area contributed by atoms with Crippen LogP contribution in [0.3, 0.4) is 0 Å².